The standard InChI is InChI=1S/C10H16N4O/c1-2-8-6-14(3-4-15-8)10-5-9(11)12-7-13-10/h5,7-8H,2-4,6H2,1H3,(H2,11,12,13). The van der Waals surface area contributed by atoms with E-state index >= 15 is 0 Å². The highest BCUT2D eigenvalue weighted by Gasteiger charge is 2.19. The summed E-state index contributed by atoms with van der Waals surface area (Å²) >= 11 is 0. The fourth-order valence-corrected chi connectivity index (χ4v) is 1.71. The van der Waals surface area contributed by atoms with Gasteiger partial charge >= 0.3 is 0 Å². The fraction of sp³-hybridized carbons (Fsp3) is 0.600. The second-order valence-corrected chi connectivity index (χ2v) is 3.65. The van der Waals surface area contributed by atoms with Gasteiger partial charge in [0.05, 0.1) is 12.7 Å². The van der Waals surface area contributed by atoms with E-state index in [9.17, 15) is 0 Å². The molecule has 15 heavy (non-hydrogen) atoms. The molecule has 2 N–H and O–H groups in total. The van der Waals surface area contributed by atoms with Crippen LogP contribution < -0.4 is 10.6 Å². The van der Waals surface area contributed by atoms with Gasteiger partial charge in [-0.3, -0.25) is 0 Å². The molecule has 1 unspecified atom stereocenters. The second-order valence-electron chi connectivity index (χ2n) is 3.65. The zero-order valence-corrected chi connectivity index (χ0v) is 8.89. The van der Waals surface area contributed by atoms with Crippen LogP contribution >= 0.6 is 0 Å². The number of aromatic nitrogens is 2. The van der Waals surface area contributed by atoms with Gasteiger partial charge in [0.15, 0.2) is 0 Å². The molecule has 0 aromatic carbocycles. The van der Waals surface area contributed by atoms with E-state index in [1.54, 1.807) is 6.07 Å². The summed E-state index contributed by atoms with van der Waals surface area (Å²) in [5, 5.41) is 0. The van der Waals surface area contributed by atoms with Crippen LogP contribution in [0.3, 0.4) is 0 Å². The predicted molar refractivity (Wildman–Crippen MR) is 58.7 cm³/mol. The molecule has 1 fully saturated rings. The van der Waals surface area contributed by atoms with Crippen LogP contribution in [-0.4, -0.2) is 35.8 Å². The van der Waals surface area contributed by atoms with Crippen molar-refractivity contribution < 1.29 is 4.74 Å². The summed E-state index contributed by atoms with van der Waals surface area (Å²) in [6, 6.07) is 1.80. The normalized spacial score (nSPS) is 21.7. The Morgan fingerprint density at radius 3 is 3.20 bits per heavy atom. The number of anilines is 2. The van der Waals surface area contributed by atoms with Crippen molar-refractivity contribution in [3.8, 4) is 0 Å². The molecule has 5 heteroatoms. The average molecular weight is 208 g/mol. The Morgan fingerprint density at radius 1 is 1.60 bits per heavy atom. The lowest BCUT2D eigenvalue weighted by Crippen LogP contribution is -2.42. The van der Waals surface area contributed by atoms with Crippen molar-refractivity contribution in [1.82, 2.24) is 9.97 Å². The van der Waals surface area contributed by atoms with Crippen molar-refractivity contribution in [3.63, 3.8) is 0 Å². The summed E-state index contributed by atoms with van der Waals surface area (Å²) < 4.78 is 5.59. The van der Waals surface area contributed by atoms with E-state index in [1.165, 1.54) is 6.33 Å². The molecule has 1 saturated heterocycles. The van der Waals surface area contributed by atoms with Crippen LogP contribution in [0.15, 0.2) is 12.4 Å². The zero-order chi connectivity index (χ0) is 10.7. The largest absolute Gasteiger partial charge is 0.384 e. The second kappa shape index (κ2) is 4.44. The van der Waals surface area contributed by atoms with Crippen LogP contribution in [0.25, 0.3) is 0 Å². The maximum atomic E-state index is 5.62. The number of hydrogen-bond acceptors (Lipinski definition) is 5. The van der Waals surface area contributed by atoms with Gasteiger partial charge in [-0.25, -0.2) is 9.97 Å². The summed E-state index contributed by atoms with van der Waals surface area (Å²) in [4.78, 5) is 10.3. The zero-order valence-electron chi connectivity index (χ0n) is 8.89. The Morgan fingerprint density at radius 2 is 2.47 bits per heavy atom. The molecule has 0 amide bonds. The van der Waals surface area contributed by atoms with Gasteiger partial charge in [0.25, 0.3) is 0 Å². The first kappa shape index (κ1) is 10.2. The maximum absolute atomic E-state index is 5.62. The summed E-state index contributed by atoms with van der Waals surface area (Å²) in [6.07, 6.45) is 2.83. The van der Waals surface area contributed by atoms with Crippen LogP contribution in [-0.2, 0) is 4.74 Å². The number of ether oxygens (including phenoxy) is 1. The smallest absolute Gasteiger partial charge is 0.134 e. The van der Waals surface area contributed by atoms with E-state index in [0.717, 1.165) is 31.9 Å². The molecule has 0 aliphatic carbocycles. The maximum Gasteiger partial charge on any atom is 0.134 e. The molecule has 1 atom stereocenters. The Bertz CT molecular complexity index is 331. The molecule has 2 heterocycles. The van der Waals surface area contributed by atoms with E-state index in [4.69, 9.17) is 10.5 Å². The molecule has 1 aliphatic heterocycles. The monoisotopic (exact) mass is 208 g/mol. The minimum absolute atomic E-state index is 0.301. The number of nitrogen functional groups attached to an aromatic ring is 1. The van der Waals surface area contributed by atoms with Gasteiger partial charge in [-0.05, 0) is 6.42 Å². The first-order valence-electron chi connectivity index (χ1n) is 5.23. The van der Waals surface area contributed by atoms with Gasteiger partial charge in [0.1, 0.15) is 18.0 Å². The molecular formula is C10H16N4O. The molecule has 0 radical (unpaired) electrons. The first-order valence-corrected chi connectivity index (χ1v) is 5.23. The van der Waals surface area contributed by atoms with Gasteiger partial charge in [-0.15, -0.1) is 0 Å². The summed E-state index contributed by atoms with van der Waals surface area (Å²) in [6.45, 7) is 4.63. The summed E-state index contributed by atoms with van der Waals surface area (Å²) in [5.41, 5.74) is 5.62. The Hall–Kier alpha value is -1.36. The SMILES string of the molecule is CCC1CN(c2cc(N)ncn2)CCO1. The molecule has 5 nitrogen and oxygen atoms in total. The van der Waals surface area contributed by atoms with Crippen LogP contribution in [0.1, 0.15) is 13.3 Å². The molecule has 1 aromatic rings. The van der Waals surface area contributed by atoms with Gasteiger partial charge in [-0.2, -0.15) is 0 Å². The molecular weight excluding hydrogens is 192 g/mol. The van der Waals surface area contributed by atoms with Crippen molar-refractivity contribution in [2.45, 2.75) is 19.4 Å². The Kier molecular flexibility index (Phi) is 3.01. The molecule has 1 aromatic heterocycles. The highest BCUT2D eigenvalue weighted by atomic mass is 16.5. The highest BCUT2D eigenvalue weighted by molar-refractivity contribution is 5.46. The Balaban J connectivity index is 2.09. The number of morpholine rings is 1. The number of rotatable bonds is 2. The van der Waals surface area contributed by atoms with E-state index in [2.05, 4.69) is 21.8 Å². The van der Waals surface area contributed by atoms with E-state index in [-0.39, 0.29) is 0 Å². The van der Waals surface area contributed by atoms with Crippen LogP contribution in [0, 0.1) is 0 Å². The lowest BCUT2D eigenvalue weighted by Gasteiger charge is -2.33. The highest BCUT2D eigenvalue weighted by Crippen LogP contribution is 2.16. The third-order valence-electron chi connectivity index (χ3n) is 2.59. The lowest BCUT2D eigenvalue weighted by molar-refractivity contribution is 0.0381. The van der Waals surface area contributed by atoms with Gasteiger partial charge in [-0.1, -0.05) is 6.92 Å². The Labute approximate surface area is 89.3 Å². The minimum Gasteiger partial charge on any atom is -0.384 e. The molecule has 0 spiro atoms. The predicted octanol–water partition coefficient (Wildman–Crippen LogP) is 0.674. The van der Waals surface area contributed by atoms with E-state index in [1.807, 2.05) is 0 Å². The van der Waals surface area contributed by atoms with Gasteiger partial charge < -0.3 is 15.4 Å². The van der Waals surface area contributed by atoms with Crippen LogP contribution in [0.5, 0.6) is 0 Å². The molecule has 1 aliphatic rings. The van der Waals surface area contributed by atoms with Crippen molar-refractivity contribution in [3.05, 3.63) is 12.4 Å². The third kappa shape index (κ3) is 2.36. The number of hydrogen-bond donors (Lipinski definition) is 1. The van der Waals surface area contributed by atoms with Crippen LogP contribution in [0.2, 0.25) is 0 Å². The average Bonchev–Trinajstić information content (AvgIpc) is 2.29. The van der Waals surface area contributed by atoms with Crippen molar-refractivity contribution in [2.24, 2.45) is 0 Å². The van der Waals surface area contributed by atoms with E-state index < -0.39 is 0 Å². The van der Waals surface area contributed by atoms with Crippen molar-refractivity contribution >= 4 is 11.6 Å². The molecule has 0 bridgehead atoms. The summed E-state index contributed by atoms with van der Waals surface area (Å²) in [7, 11) is 0. The third-order valence-corrected chi connectivity index (χ3v) is 2.59. The molecule has 0 saturated carbocycles. The van der Waals surface area contributed by atoms with Crippen LogP contribution in [0.4, 0.5) is 11.6 Å². The topological polar surface area (TPSA) is 64.3 Å². The summed E-state index contributed by atoms with van der Waals surface area (Å²) in [5.74, 6) is 1.41. The van der Waals surface area contributed by atoms with Gasteiger partial charge in [0, 0.05) is 19.2 Å². The van der Waals surface area contributed by atoms with Crippen molar-refractivity contribution in [1.29, 1.82) is 0 Å². The van der Waals surface area contributed by atoms with E-state index in [0.29, 0.717) is 11.9 Å². The van der Waals surface area contributed by atoms with Gasteiger partial charge in [0.2, 0.25) is 0 Å². The molecule has 2 rings (SSSR count). The fourth-order valence-electron chi connectivity index (χ4n) is 1.71. The quantitative estimate of drug-likeness (QED) is 0.774. The number of nitrogens with zero attached hydrogens (tertiary/aromatic N) is 3. The van der Waals surface area contributed by atoms with Crippen molar-refractivity contribution in [2.75, 3.05) is 30.3 Å². The molecule has 82 valence electrons. The first-order chi connectivity index (χ1) is 7.29. The lowest BCUT2D eigenvalue weighted by atomic mass is 10.2. The minimum atomic E-state index is 0.301. The number of nitrogens with two attached hydrogens (primary N) is 1.